The molecular weight excluding hydrogens is 496 g/mol. The highest BCUT2D eigenvalue weighted by Gasteiger charge is 2.19. The summed E-state index contributed by atoms with van der Waals surface area (Å²) in [6.07, 6.45) is 0.741. The van der Waals surface area contributed by atoms with Crippen LogP contribution < -0.4 is 9.47 Å². The van der Waals surface area contributed by atoms with E-state index in [9.17, 15) is 9.59 Å². The average molecular weight is 518 g/mol. The Bertz CT molecular complexity index is 1050. The van der Waals surface area contributed by atoms with Gasteiger partial charge in [0.2, 0.25) is 0 Å². The van der Waals surface area contributed by atoms with Crippen LogP contribution in [0.15, 0.2) is 77.3 Å². The van der Waals surface area contributed by atoms with Gasteiger partial charge in [-0.25, -0.2) is 9.59 Å². The SMILES string of the molecule is CC(Oc1ccc(Cl)cc1Br)C(=O)Oc1ccc(C(=O)OCCCc2ccccc2)cc1. The number of carbonyl (C=O) groups is 2. The van der Waals surface area contributed by atoms with Gasteiger partial charge in [0.1, 0.15) is 11.5 Å². The van der Waals surface area contributed by atoms with Gasteiger partial charge < -0.3 is 14.2 Å². The van der Waals surface area contributed by atoms with Crippen molar-refractivity contribution in [3.8, 4) is 11.5 Å². The maximum atomic E-state index is 12.3. The molecule has 0 aliphatic carbocycles. The number of carbonyl (C=O) groups excluding carboxylic acids is 2. The number of hydrogen-bond donors (Lipinski definition) is 0. The third kappa shape index (κ3) is 7.11. The smallest absolute Gasteiger partial charge is 0.352 e. The number of rotatable bonds is 9. The fourth-order valence-corrected chi connectivity index (χ4v) is 3.61. The predicted octanol–water partition coefficient (Wildman–Crippen LogP) is 6.27. The Hall–Kier alpha value is -2.83. The molecule has 3 aromatic rings. The van der Waals surface area contributed by atoms with Crippen LogP contribution in [0.5, 0.6) is 11.5 Å². The topological polar surface area (TPSA) is 61.8 Å². The molecule has 3 aromatic carbocycles. The van der Waals surface area contributed by atoms with Crippen molar-refractivity contribution in [3.05, 3.63) is 93.4 Å². The molecule has 5 nitrogen and oxygen atoms in total. The summed E-state index contributed by atoms with van der Waals surface area (Å²) in [6.45, 7) is 1.92. The van der Waals surface area contributed by atoms with Crippen LogP contribution in [0.3, 0.4) is 0 Å². The van der Waals surface area contributed by atoms with Gasteiger partial charge in [0.25, 0.3) is 0 Å². The quantitative estimate of drug-likeness (QED) is 0.190. The van der Waals surface area contributed by atoms with Crippen LogP contribution in [0.2, 0.25) is 5.02 Å². The standard InChI is InChI=1S/C25H22BrClO5/c1-17(31-23-14-11-20(27)16-22(23)26)24(28)32-21-12-9-19(10-13-21)25(29)30-15-5-8-18-6-3-2-4-7-18/h2-4,6-7,9-14,16-17H,5,8,15H2,1H3. The zero-order chi connectivity index (χ0) is 22.9. The summed E-state index contributed by atoms with van der Waals surface area (Å²) in [5.74, 6) is -0.200. The first kappa shape index (κ1) is 23.8. The van der Waals surface area contributed by atoms with E-state index in [0.717, 1.165) is 12.8 Å². The number of aryl methyl sites for hydroxylation is 1. The zero-order valence-electron chi connectivity index (χ0n) is 17.4. The molecule has 0 heterocycles. The molecule has 0 bridgehead atoms. The van der Waals surface area contributed by atoms with Crippen molar-refractivity contribution in [2.75, 3.05) is 6.61 Å². The molecule has 1 unspecified atom stereocenters. The number of hydrogen-bond acceptors (Lipinski definition) is 5. The molecule has 0 N–H and O–H groups in total. The Labute approximate surface area is 200 Å². The van der Waals surface area contributed by atoms with Crippen molar-refractivity contribution < 1.29 is 23.8 Å². The van der Waals surface area contributed by atoms with Crippen LogP contribution in [0, 0.1) is 0 Å². The molecule has 32 heavy (non-hydrogen) atoms. The van der Waals surface area contributed by atoms with Gasteiger partial charge in [-0.15, -0.1) is 0 Å². The van der Waals surface area contributed by atoms with Gasteiger partial charge >= 0.3 is 11.9 Å². The van der Waals surface area contributed by atoms with Crippen LogP contribution in [-0.4, -0.2) is 24.6 Å². The normalized spacial score (nSPS) is 11.5. The molecule has 0 aliphatic rings. The van der Waals surface area contributed by atoms with E-state index in [2.05, 4.69) is 15.9 Å². The third-order valence-electron chi connectivity index (χ3n) is 4.52. The second-order valence-corrected chi connectivity index (χ2v) is 8.30. The lowest BCUT2D eigenvalue weighted by Crippen LogP contribution is -2.28. The second-order valence-electron chi connectivity index (χ2n) is 7.01. The Kier molecular flexibility index (Phi) is 8.71. The van der Waals surface area contributed by atoms with Crippen molar-refractivity contribution in [2.45, 2.75) is 25.9 Å². The fourth-order valence-electron chi connectivity index (χ4n) is 2.84. The van der Waals surface area contributed by atoms with Gasteiger partial charge in [-0.3, -0.25) is 0 Å². The monoisotopic (exact) mass is 516 g/mol. The van der Waals surface area contributed by atoms with Crippen molar-refractivity contribution in [2.24, 2.45) is 0 Å². The van der Waals surface area contributed by atoms with E-state index in [-0.39, 0.29) is 0 Å². The van der Waals surface area contributed by atoms with E-state index in [0.29, 0.717) is 33.2 Å². The molecule has 0 saturated carbocycles. The Morgan fingerprint density at radius 1 is 1.00 bits per heavy atom. The highest BCUT2D eigenvalue weighted by atomic mass is 79.9. The molecule has 0 spiro atoms. The van der Waals surface area contributed by atoms with Crippen molar-refractivity contribution in [1.82, 2.24) is 0 Å². The summed E-state index contributed by atoms with van der Waals surface area (Å²) in [5.41, 5.74) is 1.59. The Morgan fingerprint density at radius 3 is 2.41 bits per heavy atom. The van der Waals surface area contributed by atoms with Gasteiger partial charge in [0.15, 0.2) is 6.10 Å². The van der Waals surface area contributed by atoms with E-state index in [1.165, 1.54) is 5.56 Å². The largest absolute Gasteiger partial charge is 0.478 e. The van der Waals surface area contributed by atoms with Gasteiger partial charge in [0.05, 0.1) is 16.6 Å². The van der Waals surface area contributed by atoms with Crippen LogP contribution in [-0.2, 0) is 16.0 Å². The van der Waals surface area contributed by atoms with Gasteiger partial charge in [-0.2, -0.15) is 0 Å². The lowest BCUT2D eigenvalue weighted by molar-refractivity contribution is -0.141. The van der Waals surface area contributed by atoms with E-state index in [1.54, 1.807) is 49.4 Å². The summed E-state index contributed by atoms with van der Waals surface area (Å²) in [4.78, 5) is 24.5. The minimum absolute atomic E-state index is 0.307. The molecule has 0 aromatic heterocycles. The first-order chi connectivity index (χ1) is 15.4. The van der Waals surface area contributed by atoms with Crippen LogP contribution in [0.25, 0.3) is 0 Å². The maximum Gasteiger partial charge on any atom is 0.352 e. The summed E-state index contributed by atoms with van der Waals surface area (Å²) in [7, 11) is 0. The van der Waals surface area contributed by atoms with Crippen molar-refractivity contribution >= 4 is 39.5 Å². The molecule has 1 atom stereocenters. The average Bonchev–Trinajstić information content (AvgIpc) is 2.79. The van der Waals surface area contributed by atoms with E-state index in [1.807, 2.05) is 30.3 Å². The molecule has 166 valence electrons. The zero-order valence-corrected chi connectivity index (χ0v) is 19.8. The number of benzene rings is 3. The van der Waals surface area contributed by atoms with Gasteiger partial charge in [-0.05, 0) is 83.7 Å². The Morgan fingerprint density at radius 2 is 1.72 bits per heavy atom. The highest BCUT2D eigenvalue weighted by Crippen LogP contribution is 2.29. The summed E-state index contributed by atoms with van der Waals surface area (Å²) < 4.78 is 16.9. The molecule has 0 saturated heterocycles. The summed E-state index contributed by atoms with van der Waals surface area (Å²) in [5, 5.41) is 0.550. The molecule has 0 aliphatic heterocycles. The number of esters is 2. The molecule has 0 fully saturated rings. The Balaban J connectivity index is 1.45. The van der Waals surface area contributed by atoms with E-state index < -0.39 is 18.0 Å². The van der Waals surface area contributed by atoms with E-state index in [4.69, 9.17) is 25.8 Å². The lowest BCUT2D eigenvalue weighted by atomic mass is 10.1. The minimum Gasteiger partial charge on any atom is -0.478 e. The second kappa shape index (κ2) is 11.7. The van der Waals surface area contributed by atoms with Crippen LogP contribution >= 0.6 is 27.5 Å². The van der Waals surface area contributed by atoms with Crippen molar-refractivity contribution in [1.29, 1.82) is 0 Å². The van der Waals surface area contributed by atoms with Gasteiger partial charge in [0, 0.05) is 5.02 Å². The first-order valence-corrected chi connectivity index (χ1v) is 11.2. The van der Waals surface area contributed by atoms with Crippen LogP contribution in [0.4, 0.5) is 0 Å². The molecule has 0 amide bonds. The molecule has 0 radical (unpaired) electrons. The lowest BCUT2D eigenvalue weighted by Gasteiger charge is -2.15. The number of ether oxygens (including phenoxy) is 3. The predicted molar refractivity (Wildman–Crippen MR) is 126 cm³/mol. The summed E-state index contributed by atoms with van der Waals surface area (Å²) in [6, 6.07) is 21.2. The minimum atomic E-state index is -0.846. The van der Waals surface area contributed by atoms with E-state index >= 15 is 0 Å². The third-order valence-corrected chi connectivity index (χ3v) is 5.38. The highest BCUT2D eigenvalue weighted by molar-refractivity contribution is 9.10. The maximum absolute atomic E-state index is 12.3. The molecular formula is C25H22BrClO5. The molecule has 7 heteroatoms. The number of halogens is 2. The summed E-state index contributed by atoms with van der Waals surface area (Å²) >= 11 is 9.25. The molecule has 3 rings (SSSR count). The first-order valence-electron chi connectivity index (χ1n) is 10.1. The fraction of sp³-hybridized carbons (Fsp3) is 0.200. The van der Waals surface area contributed by atoms with Crippen molar-refractivity contribution in [3.63, 3.8) is 0 Å². The van der Waals surface area contributed by atoms with Gasteiger partial charge in [-0.1, -0.05) is 41.9 Å². The van der Waals surface area contributed by atoms with Crippen LogP contribution in [0.1, 0.15) is 29.3 Å².